The molecule has 0 radical (unpaired) electrons. The van der Waals surface area contributed by atoms with E-state index >= 15 is 0 Å². The topological polar surface area (TPSA) is 41.6 Å². The predicted molar refractivity (Wildman–Crippen MR) is 116 cm³/mol. The first-order valence-electron chi connectivity index (χ1n) is 10.9. The van der Waals surface area contributed by atoms with Crippen molar-refractivity contribution in [3.63, 3.8) is 0 Å². The molecule has 2 aromatic rings. The van der Waals surface area contributed by atoms with Crippen molar-refractivity contribution >= 4 is 5.91 Å². The minimum atomic E-state index is -0.0103. The molecule has 2 heterocycles. The minimum absolute atomic E-state index is 0.0103. The molecule has 4 nitrogen and oxygen atoms in total. The second-order valence-electron chi connectivity index (χ2n) is 8.49. The molecule has 1 amide bonds. The lowest BCUT2D eigenvalue weighted by molar-refractivity contribution is -0.123. The average molecular weight is 393 g/mol. The summed E-state index contributed by atoms with van der Waals surface area (Å²) in [6, 6.07) is 21.7. The van der Waals surface area contributed by atoms with E-state index in [0.29, 0.717) is 19.1 Å². The highest BCUT2D eigenvalue weighted by atomic mass is 16.5. The maximum absolute atomic E-state index is 12.8. The van der Waals surface area contributed by atoms with Crippen LogP contribution in [0.1, 0.15) is 36.8 Å². The van der Waals surface area contributed by atoms with Crippen LogP contribution < -0.4 is 5.32 Å². The Morgan fingerprint density at radius 3 is 2.45 bits per heavy atom. The van der Waals surface area contributed by atoms with Crippen molar-refractivity contribution in [1.82, 2.24) is 10.2 Å². The van der Waals surface area contributed by atoms with Crippen molar-refractivity contribution in [3.8, 4) is 0 Å². The van der Waals surface area contributed by atoms with Gasteiger partial charge in [0.1, 0.15) is 0 Å². The first kappa shape index (κ1) is 20.1. The zero-order valence-electron chi connectivity index (χ0n) is 17.2. The Hall–Kier alpha value is -2.17. The normalized spacial score (nSPS) is 21.7. The third-order valence-electron chi connectivity index (χ3n) is 6.62. The van der Waals surface area contributed by atoms with Gasteiger partial charge in [-0.2, -0.15) is 0 Å². The second kappa shape index (κ2) is 9.55. The van der Waals surface area contributed by atoms with E-state index in [1.165, 1.54) is 24.0 Å². The van der Waals surface area contributed by atoms with E-state index in [9.17, 15) is 4.79 Å². The van der Waals surface area contributed by atoms with Gasteiger partial charge in [-0.15, -0.1) is 0 Å². The molecule has 0 bridgehead atoms. The van der Waals surface area contributed by atoms with Crippen LogP contribution in [-0.2, 0) is 21.4 Å². The number of likely N-dealkylation sites (tertiary alicyclic amines) is 1. The Labute approximate surface area is 174 Å². The Morgan fingerprint density at radius 1 is 1.03 bits per heavy atom. The number of carbonyl (C=O) groups is 1. The summed E-state index contributed by atoms with van der Waals surface area (Å²) in [5.41, 5.74) is 2.66. The average Bonchev–Trinajstić information content (AvgIpc) is 3.20. The van der Waals surface area contributed by atoms with Gasteiger partial charge in [0.15, 0.2) is 0 Å². The maximum Gasteiger partial charge on any atom is 0.234 e. The van der Waals surface area contributed by atoms with E-state index in [2.05, 4.69) is 70.9 Å². The molecule has 0 spiro atoms. The van der Waals surface area contributed by atoms with Crippen molar-refractivity contribution in [3.05, 3.63) is 71.8 Å². The molecular formula is C25H32N2O2. The fourth-order valence-corrected chi connectivity index (χ4v) is 4.85. The van der Waals surface area contributed by atoms with Crippen LogP contribution in [0.4, 0.5) is 0 Å². The Kier molecular flexibility index (Phi) is 6.63. The first-order chi connectivity index (χ1) is 14.3. The monoisotopic (exact) mass is 392 g/mol. The standard InChI is InChI=1S/C25H32N2O2/c28-24(19-27-15-7-12-23(27)18-21-8-3-1-4-9-21)26-20-25(13-16-29-17-14-25)22-10-5-2-6-11-22/h1-6,8-11,23H,7,12-20H2,(H,26,28)/t23-/m0/s1. The van der Waals surface area contributed by atoms with Gasteiger partial charge in [-0.1, -0.05) is 60.7 Å². The van der Waals surface area contributed by atoms with Crippen LogP contribution in [0.5, 0.6) is 0 Å². The van der Waals surface area contributed by atoms with E-state index in [1.807, 2.05) is 0 Å². The summed E-state index contributed by atoms with van der Waals surface area (Å²) in [5, 5.41) is 3.27. The quantitative estimate of drug-likeness (QED) is 0.783. The van der Waals surface area contributed by atoms with Crippen molar-refractivity contribution < 1.29 is 9.53 Å². The molecule has 0 saturated carbocycles. The molecule has 29 heavy (non-hydrogen) atoms. The maximum atomic E-state index is 12.8. The smallest absolute Gasteiger partial charge is 0.234 e. The van der Waals surface area contributed by atoms with Gasteiger partial charge in [0.2, 0.25) is 5.91 Å². The summed E-state index contributed by atoms with van der Waals surface area (Å²) in [6.07, 6.45) is 5.29. The van der Waals surface area contributed by atoms with Gasteiger partial charge < -0.3 is 10.1 Å². The number of rotatable bonds is 7. The lowest BCUT2D eigenvalue weighted by Crippen LogP contribution is -2.47. The summed E-state index contributed by atoms with van der Waals surface area (Å²) < 4.78 is 5.61. The third-order valence-corrected chi connectivity index (χ3v) is 6.62. The van der Waals surface area contributed by atoms with E-state index in [0.717, 1.165) is 39.0 Å². The second-order valence-corrected chi connectivity index (χ2v) is 8.49. The number of benzene rings is 2. The minimum Gasteiger partial charge on any atom is -0.381 e. The molecule has 2 aliphatic heterocycles. The third kappa shape index (κ3) is 5.06. The Morgan fingerprint density at radius 2 is 1.72 bits per heavy atom. The summed E-state index contributed by atoms with van der Waals surface area (Å²) in [5.74, 6) is 0.145. The fourth-order valence-electron chi connectivity index (χ4n) is 4.85. The lowest BCUT2D eigenvalue weighted by Gasteiger charge is -2.38. The molecule has 2 saturated heterocycles. The lowest BCUT2D eigenvalue weighted by atomic mass is 9.74. The Bertz CT molecular complexity index is 772. The van der Waals surface area contributed by atoms with E-state index in [-0.39, 0.29) is 11.3 Å². The zero-order valence-corrected chi connectivity index (χ0v) is 17.2. The number of amides is 1. The fraction of sp³-hybridized carbons (Fsp3) is 0.480. The number of carbonyl (C=O) groups excluding carboxylic acids is 1. The predicted octanol–water partition coefficient (Wildman–Crippen LogP) is 3.56. The molecule has 1 N–H and O–H groups in total. The van der Waals surface area contributed by atoms with Crippen LogP contribution in [-0.4, -0.2) is 49.7 Å². The number of hydrogen-bond donors (Lipinski definition) is 1. The van der Waals surface area contributed by atoms with E-state index in [4.69, 9.17) is 4.74 Å². The van der Waals surface area contributed by atoms with Crippen molar-refractivity contribution in [2.45, 2.75) is 43.6 Å². The van der Waals surface area contributed by atoms with Gasteiger partial charge in [-0.3, -0.25) is 9.69 Å². The van der Waals surface area contributed by atoms with Gasteiger partial charge in [-0.25, -0.2) is 0 Å². The number of nitrogens with one attached hydrogen (secondary N) is 1. The summed E-state index contributed by atoms with van der Waals surface area (Å²) >= 11 is 0. The van der Waals surface area contributed by atoms with Crippen molar-refractivity contribution in [1.29, 1.82) is 0 Å². The molecule has 0 aromatic heterocycles. The van der Waals surface area contributed by atoms with Crippen LogP contribution in [0, 0.1) is 0 Å². The summed E-state index contributed by atoms with van der Waals surface area (Å²) in [7, 11) is 0. The SMILES string of the molecule is O=C(CN1CCC[C@H]1Cc1ccccc1)NCC1(c2ccccc2)CCOCC1. The molecule has 2 fully saturated rings. The summed E-state index contributed by atoms with van der Waals surface area (Å²) in [4.78, 5) is 15.2. The van der Waals surface area contributed by atoms with Gasteiger partial charge in [-0.05, 0) is 49.8 Å². The molecule has 154 valence electrons. The van der Waals surface area contributed by atoms with Crippen LogP contribution in [0.3, 0.4) is 0 Å². The molecule has 0 unspecified atom stereocenters. The molecule has 4 heteroatoms. The zero-order chi connectivity index (χ0) is 19.9. The molecule has 2 aliphatic rings. The van der Waals surface area contributed by atoms with Gasteiger partial charge in [0, 0.05) is 31.2 Å². The van der Waals surface area contributed by atoms with Crippen molar-refractivity contribution in [2.75, 3.05) is 32.8 Å². The molecule has 0 aliphatic carbocycles. The van der Waals surface area contributed by atoms with Crippen LogP contribution in [0.15, 0.2) is 60.7 Å². The molecule has 2 aromatic carbocycles. The first-order valence-corrected chi connectivity index (χ1v) is 10.9. The van der Waals surface area contributed by atoms with E-state index < -0.39 is 0 Å². The van der Waals surface area contributed by atoms with Gasteiger partial charge in [0.25, 0.3) is 0 Å². The van der Waals surface area contributed by atoms with Crippen LogP contribution in [0.2, 0.25) is 0 Å². The van der Waals surface area contributed by atoms with E-state index in [1.54, 1.807) is 0 Å². The molecular weight excluding hydrogens is 360 g/mol. The number of hydrogen-bond acceptors (Lipinski definition) is 3. The molecule has 1 atom stereocenters. The van der Waals surface area contributed by atoms with Crippen molar-refractivity contribution in [2.24, 2.45) is 0 Å². The van der Waals surface area contributed by atoms with Crippen LogP contribution >= 0.6 is 0 Å². The molecule has 4 rings (SSSR count). The number of nitrogens with zero attached hydrogens (tertiary/aromatic N) is 1. The number of ether oxygens (including phenoxy) is 1. The van der Waals surface area contributed by atoms with Gasteiger partial charge in [0.05, 0.1) is 6.54 Å². The highest BCUT2D eigenvalue weighted by molar-refractivity contribution is 5.78. The summed E-state index contributed by atoms with van der Waals surface area (Å²) in [6.45, 7) is 3.73. The highest BCUT2D eigenvalue weighted by Gasteiger charge is 2.35. The van der Waals surface area contributed by atoms with Crippen LogP contribution in [0.25, 0.3) is 0 Å². The largest absolute Gasteiger partial charge is 0.381 e. The Balaban J connectivity index is 1.35. The highest BCUT2D eigenvalue weighted by Crippen LogP contribution is 2.34. The van der Waals surface area contributed by atoms with Gasteiger partial charge >= 0.3 is 0 Å².